The Balaban J connectivity index is 2.09. The lowest BCUT2D eigenvalue weighted by molar-refractivity contribution is -0.384. The summed E-state index contributed by atoms with van der Waals surface area (Å²) in [7, 11) is 1.43. The molecule has 2 aromatic rings. The van der Waals surface area contributed by atoms with Crippen LogP contribution < -0.4 is 10.2 Å². The van der Waals surface area contributed by atoms with Crippen LogP contribution in [0.25, 0.3) is 0 Å². The number of nitrogens with one attached hydrogen (secondary N) is 1. The molecule has 0 spiro atoms. The second kappa shape index (κ2) is 6.77. The van der Waals surface area contributed by atoms with Gasteiger partial charge in [0.25, 0.3) is 5.69 Å². The number of rotatable bonds is 5. The molecule has 0 aliphatic heterocycles. The molecule has 0 radical (unpaired) electrons. The number of ether oxygens (including phenoxy) is 1. The quantitative estimate of drug-likeness (QED) is 0.499. The third-order valence-electron chi connectivity index (χ3n) is 2.80. The number of halogens is 1. The van der Waals surface area contributed by atoms with E-state index >= 15 is 0 Å². The third-order valence-corrected chi connectivity index (χ3v) is 3.20. The van der Waals surface area contributed by atoms with Gasteiger partial charge >= 0.3 is 0 Å². The number of hydrazone groups is 1. The Morgan fingerprint density at radius 3 is 2.59 bits per heavy atom. The predicted molar refractivity (Wildman–Crippen MR) is 84.0 cm³/mol. The van der Waals surface area contributed by atoms with E-state index in [1.165, 1.54) is 37.6 Å². The molecule has 0 atom stereocenters. The van der Waals surface area contributed by atoms with Gasteiger partial charge in [0, 0.05) is 17.7 Å². The number of hydrogen-bond donors (Lipinski definition) is 2. The molecular formula is C14H12ClN3O4. The molecule has 0 saturated carbocycles. The molecule has 0 fully saturated rings. The molecule has 8 heteroatoms. The summed E-state index contributed by atoms with van der Waals surface area (Å²) in [6, 6.07) is 9.00. The molecule has 0 amide bonds. The topological polar surface area (TPSA) is 97.0 Å². The van der Waals surface area contributed by atoms with Crippen molar-refractivity contribution < 1.29 is 14.8 Å². The fourth-order valence-corrected chi connectivity index (χ4v) is 1.87. The van der Waals surface area contributed by atoms with Crippen molar-refractivity contribution in [2.75, 3.05) is 12.5 Å². The molecule has 0 heterocycles. The van der Waals surface area contributed by atoms with Crippen molar-refractivity contribution in [1.82, 2.24) is 0 Å². The minimum atomic E-state index is -0.479. The van der Waals surface area contributed by atoms with Gasteiger partial charge in [-0.1, -0.05) is 11.6 Å². The Morgan fingerprint density at radius 1 is 1.32 bits per heavy atom. The third kappa shape index (κ3) is 3.44. The van der Waals surface area contributed by atoms with Crippen LogP contribution >= 0.6 is 11.6 Å². The fraction of sp³-hybridized carbons (Fsp3) is 0.0714. The number of benzene rings is 2. The van der Waals surface area contributed by atoms with Crippen molar-refractivity contribution in [3.05, 3.63) is 57.1 Å². The van der Waals surface area contributed by atoms with Crippen LogP contribution in [0.2, 0.25) is 5.02 Å². The van der Waals surface area contributed by atoms with Gasteiger partial charge < -0.3 is 9.84 Å². The van der Waals surface area contributed by atoms with Crippen molar-refractivity contribution in [1.29, 1.82) is 0 Å². The number of aromatic hydroxyl groups is 1. The fourth-order valence-electron chi connectivity index (χ4n) is 1.66. The van der Waals surface area contributed by atoms with E-state index in [0.717, 1.165) is 0 Å². The van der Waals surface area contributed by atoms with Gasteiger partial charge in [-0.3, -0.25) is 15.5 Å². The highest BCUT2D eigenvalue weighted by Gasteiger charge is 2.09. The maximum absolute atomic E-state index is 10.5. The molecule has 0 unspecified atom stereocenters. The Labute approximate surface area is 130 Å². The molecule has 2 rings (SSSR count). The van der Waals surface area contributed by atoms with Gasteiger partial charge in [0.15, 0.2) is 11.5 Å². The van der Waals surface area contributed by atoms with E-state index in [1.54, 1.807) is 12.1 Å². The second-order valence-electron chi connectivity index (χ2n) is 4.19. The van der Waals surface area contributed by atoms with Gasteiger partial charge in [-0.05, 0) is 24.3 Å². The predicted octanol–water partition coefficient (Wildman–Crippen LogP) is 3.41. The second-order valence-corrected chi connectivity index (χ2v) is 4.57. The van der Waals surface area contributed by atoms with Crippen LogP contribution in [0.4, 0.5) is 11.4 Å². The highest BCUT2D eigenvalue weighted by Crippen LogP contribution is 2.35. The van der Waals surface area contributed by atoms with Crippen molar-refractivity contribution in [2.24, 2.45) is 5.10 Å². The maximum atomic E-state index is 10.5. The van der Waals surface area contributed by atoms with Gasteiger partial charge in [-0.15, -0.1) is 0 Å². The monoisotopic (exact) mass is 321 g/mol. The number of methoxy groups -OCH3 is 1. The molecule has 114 valence electrons. The van der Waals surface area contributed by atoms with E-state index in [9.17, 15) is 15.2 Å². The van der Waals surface area contributed by atoms with Crippen LogP contribution in [0, 0.1) is 10.1 Å². The number of anilines is 1. The zero-order valence-electron chi connectivity index (χ0n) is 11.5. The lowest BCUT2D eigenvalue weighted by Gasteiger charge is -2.06. The number of phenols is 1. The van der Waals surface area contributed by atoms with Crippen molar-refractivity contribution in [3.63, 3.8) is 0 Å². The van der Waals surface area contributed by atoms with E-state index < -0.39 is 4.92 Å². The summed E-state index contributed by atoms with van der Waals surface area (Å²) in [5.41, 5.74) is 3.78. The Morgan fingerprint density at radius 2 is 2.00 bits per heavy atom. The Hall–Kier alpha value is -2.80. The minimum absolute atomic E-state index is 0.00218. The average Bonchev–Trinajstić information content (AvgIpc) is 2.52. The van der Waals surface area contributed by atoms with Crippen LogP contribution in [0.1, 0.15) is 5.56 Å². The van der Waals surface area contributed by atoms with E-state index in [4.69, 9.17) is 16.3 Å². The molecular weight excluding hydrogens is 310 g/mol. The molecule has 0 saturated heterocycles. The van der Waals surface area contributed by atoms with Gasteiger partial charge in [0.05, 0.1) is 29.0 Å². The number of nitro benzene ring substituents is 1. The first kappa shape index (κ1) is 15.6. The zero-order valence-corrected chi connectivity index (χ0v) is 12.2. The Kier molecular flexibility index (Phi) is 4.80. The lowest BCUT2D eigenvalue weighted by Crippen LogP contribution is -1.93. The smallest absolute Gasteiger partial charge is 0.269 e. The summed E-state index contributed by atoms with van der Waals surface area (Å²) < 4.78 is 4.94. The summed E-state index contributed by atoms with van der Waals surface area (Å²) in [6.45, 7) is 0. The van der Waals surface area contributed by atoms with Crippen molar-refractivity contribution in [2.45, 2.75) is 0 Å². The standard InChI is InChI=1S/C14H12ClN3O4/c1-22-12-7-2-9(13(15)14(12)19)8-16-17-10-3-5-11(6-4-10)18(20)21/h2-8,17,19H,1H3. The summed E-state index contributed by atoms with van der Waals surface area (Å²) in [5.74, 6) is 0.105. The van der Waals surface area contributed by atoms with Gasteiger partial charge in [0.1, 0.15) is 0 Å². The normalized spacial score (nSPS) is 10.6. The number of non-ortho nitro benzene ring substituents is 1. The van der Waals surface area contributed by atoms with Crippen LogP contribution in [-0.4, -0.2) is 23.4 Å². The molecule has 2 N–H and O–H groups in total. The van der Waals surface area contributed by atoms with Crippen LogP contribution in [0.15, 0.2) is 41.5 Å². The Bertz CT molecular complexity index is 717. The van der Waals surface area contributed by atoms with Crippen LogP contribution in [0.3, 0.4) is 0 Å². The van der Waals surface area contributed by atoms with E-state index in [2.05, 4.69) is 10.5 Å². The molecule has 7 nitrogen and oxygen atoms in total. The SMILES string of the molecule is COc1ccc(C=NNc2ccc([N+](=O)[O-])cc2)c(Cl)c1O. The number of nitro groups is 1. The highest BCUT2D eigenvalue weighted by atomic mass is 35.5. The number of hydrogen-bond acceptors (Lipinski definition) is 6. The first-order valence-corrected chi connectivity index (χ1v) is 6.49. The molecule has 0 aliphatic carbocycles. The summed E-state index contributed by atoms with van der Waals surface area (Å²) in [4.78, 5) is 10.1. The lowest BCUT2D eigenvalue weighted by atomic mass is 10.2. The van der Waals surface area contributed by atoms with E-state index in [0.29, 0.717) is 11.3 Å². The molecule has 0 aromatic heterocycles. The summed E-state index contributed by atoms with van der Waals surface area (Å²) in [5, 5.41) is 24.4. The molecule has 2 aromatic carbocycles. The first-order valence-electron chi connectivity index (χ1n) is 6.12. The average molecular weight is 322 g/mol. The number of phenolic OH excluding ortho intramolecular Hbond substituents is 1. The van der Waals surface area contributed by atoms with E-state index in [1.807, 2.05) is 0 Å². The van der Waals surface area contributed by atoms with Crippen LogP contribution in [0.5, 0.6) is 11.5 Å². The molecule has 0 bridgehead atoms. The number of nitrogens with zero attached hydrogens (tertiary/aromatic N) is 2. The van der Waals surface area contributed by atoms with Gasteiger partial charge in [-0.25, -0.2) is 0 Å². The van der Waals surface area contributed by atoms with E-state index in [-0.39, 0.29) is 22.2 Å². The summed E-state index contributed by atoms with van der Waals surface area (Å²) in [6.07, 6.45) is 1.42. The van der Waals surface area contributed by atoms with Crippen LogP contribution in [-0.2, 0) is 0 Å². The van der Waals surface area contributed by atoms with Gasteiger partial charge in [0.2, 0.25) is 0 Å². The van der Waals surface area contributed by atoms with Crippen molar-refractivity contribution in [3.8, 4) is 11.5 Å². The van der Waals surface area contributed by atoms with Crippen molar-refractivity contribution >= 4 is 29.2 Å². The minimum Gasteiger partial charge on any atom is -0.503 e. The molecule has 0 aliphatic rings. The molecule has 22 heavy (non-hydrogen) atoms. The summed E-state index contributed by atoms with van der Waals surface area (Å²) >= 11 is 5.99. The largest absolute Gasteiger partial charge is 0.503 e. The van der Waals surface area contributed by atoms with Gasteiger partial charge in [-0.2, -0.15) is 5.10 Å². The zero-order chi connectivity index (χ0) is 16.1. The highest BCUT2D eigenvalue weighted by molar-refractivity contribution is 6.34. The first-order chi connectivity index (χ1) is 10.5. The maximum Gasteiger partial charge on any atom is 0.269 e.